The highest BCUT2D eigenvalue weighted by molar-refractivity contribution is 6.12. The number of hydrogen-bond acceptors (Lipinski definition) is 2. The second-order valence-electron chi connectivity index (χ2n) is 12.7. The first kappa shape index (κ1) is 24.7. The Kier molecular flexibility index (Phi) is 4.76. The van der Waals surface area contributed by atoms with Crippen molar-refractivity contribution >= 4 is 49.1 Å². The van der Waals surface area contributed by atoms with Gasteiger partial charge in [0.1, 0.15) is 0 Å². The molecule has 0 fully saturated rings. The first-order valence-electron chi connectivity index (χ1n) is 15.5. The second kappa shape index (κ2) is 8.67. The maximum absolute atomic E-state index is 4.80. The van der Waals surface area contributed by atoms with E-state index in [1.54, 1.807) is 0 Å². The van der Waals surface area contributed by atoms with Crippen LogP contribution in [0, 0.1) is 0 Å². The third-order valence-electron chi connectivity index (χ3n) is 10.0. The Labute approximate surface area is 259 Å². The van der Waals surface area contributed by atoms with Gasteiger partial charge >= 0.3 is 0 Å². The summed E-state index contributed by atoms with van der Waals surface area (Å²) in [4.78, 5) is 0. The molecule has 10 rings (SSSR count). The minimum Gasteiger partial charge on any atom is -0.309 e. The molecule has 0 saturated carbocycles. The molecule has 0 bridgehead atoms. The highest BCUT2D eigenvalue weighted by Crippen LogP contribution is 2.50. The monoisotopic (exact) mass is 576 g/mol. The van der Waals surface area contributed by atoms with Gasteiger partial charge in [0.15, 0.2) is 11.5 Å². The number of aromatic nitrogens is 4. The molecule has 0 saturated heterocycles. The molecule has 4 nitrogen and oxygen atoms in total. The van der Waals surface area contributed by atoms with Gasteiger partial charge in [-0.25, -0.2) is 0 Å². The molecule has 3 aromatic heterocycles. The van der Waals surface area contributed by atoms with Crippen LogP contribution in [0.25, 0.3) is 77.3 Å². The van der Waals surface area contributed by atoms with E-state index in [1.165, 1.54) is 60.5 Å². The molecule has 0 N–H and O–H groups in total. The van der Waals surface area contributed by atoms with Gasteiger partial charge in [0.05, 0.1) is 16.6 Å². The van der Waals surface area contributed by atoms with Gasteiger partial charge in [-0.2, -0.15) is 0 Å². The number of benzene rings is 6. The van der Waals surface area contributed by atoms with Gasteiger partial charge in [-0.15, -0.1) is 10.2 Å². The standard InChI is InChI=1S/C41H28N4/c1-41(2)34-23-25(39-42-43-40-33-15-4-3-11-27(33)30-12-5-10-18-38(30)45(39)40)19-21-28(34)29-22-20-26(24-35(29)41)44-36-16-8-6-13-31(36)32-14-7-9-17-37(32)44/h3-24H,1-2H3. The summed E-state index contributed by atoms with van der Waals surface area (Å²) in [5.74, 6) is 0.868. The summed E-state index contributed by atoms with van der Waals surface area (Å²) in [5.41, 5.74) is 11.8. The summed E-state index contributed by atoms with van der Waals surface area (Å²) in [6.07, 6.45) is 0. The van der Waals surface area contributed by atoms with Crippen molar-refractivity contribution in [1.29, 1.82) is 0 Å². The molecule has 9 aromatic rings. The maximum atomic E-state index is 4.80. The highest BCUT2D eigenvalue weighted by Gasteiger charge is 2.36. The van der Waals surface area contributed by atoms with Crippen LogP contribution in [0.2, 0.25) is 0 Å². The number of nitrogens with zero attached hydrogens (tertiary/aromatic N) is 4. The maximum Gasteiger partial charge on any atom is 0.169 e. The summed E-state index contributed by atoms with van der Waals surface area (Å²) in [7, 11) is 0. The highest BCUT2D eigenvalue weighted by atomic mass is 15.2. The van der Waals surface area contributed by atoms with E-state index in [4.69, 9.17) is 10.2 Å². The van der Waals surface area contributed by atoms with E-state index in [9.17, 15) is 0 Å². The lowest BCUT2D eigenvalue weighted by molar-refractivity contribution is 0.660. The topological polar surface area (TPSA) is 35.1 Å². The van der Waals surface area contributed by atoms with Crippen molar-refractivity contribution in [3.05, 3.63) is 145 Å². The van der Waals surface area contributed by atoms with Crippen LogP contribution >= 0.6 is 0 Å². The average molecular weight is 577 g/mol. The van der Waals surface area contributed by atoms with Crippen LogP contribution < -0.4 is 0 Å². The molecule has 212 valence electrons. The zero-order valence-electron chi connectivity index (χ0n) is 25.0. The van der Waals surface area contributed by atoms with Gasteiger partial charge in [0.25, 0.3) is 0 Å². The van der Waals surface area contributed by atoms with Crippen LogP contribution in [0.15, 0.2) is 133 Å². The van der Waals surface area contributed by atoms with Gasteiger partial charge in [-0.1, -0.05) is 111 Å². The number of hydrogen-bond donors (Lipinski definition) is 0. The lowest BCUT2D eigenvalue weighted by Gasteiger charge is -2.23. The Balaban J connectivity index is 1.16. The first-order valence-corrected chi connectivity index (χ1v) is 15.5. The predicted molar refractivity (Wildman–Crippen MR) is 185 cm³/mol. The zero-order chi connectivity index (χ0) is 29.9. The second-order valence-corrected chi connectivity index (χ2v) is 12.7. The Morgan fingerprint density at radius 2 is 1.02 bits per heavy atom. The summed E-state index contributed by atoms with van der Waals surface area (Å²) in [6, 6.07) is 48.3. The van der Waals surface area contributed by atoms with Gasteiger partial charge in [-0.05, 0) is 64.0 Å². The van der Waals surface area contributed by atoms with Crippen LogP contribution in [0.3, 0.4) is 0 Å². The molecule has 1 aliphatic carbocycles. The molecule has 0 unspecified atom stereocenters. The third kappa shape index (κ3) is 3.21. The number of pyridine rings is 1. The largest absolute Gasteiger partial charge is 0.309 e. The van der Waals surface area contributed by atoms with Crippen LogP contribution in [0.1, 0.15) is 25.0 Å². The quantitative estimate of drug-likeness (QED) is 0.192. The SMILES string of the molecule is CC1(C)c2cc(-c3nnc4c5ccccc5c5ccccc5n34)ccc2-c2ccc(-n3c4ccccc4c4ccccc43)cc21. The van der Waals surface area contributed by atoms with Gasteiger partial charge in [0.2, 0.25) is 0 Å². The summed E-state index contributed by atoms with van der Waals surface area (Å²) in [6.45, 7) is 4.70. The van der Waals surface area contributed by atoms with Crippen molar-refractivity contribution in [3.63, 3.8) is 0 Å². The molecule has 3 heterocycles. The normalized spacial score (nSPS) is 13.7. The van der Waals surface area contributed by atoms with E-state index in [2.05, 4.69) is 156 Å². The van der Waals surface area contributed by atoms with Crippen molar-refractivity contribution in [3.8, 4) is 28.2 Å². The van der Waals surface area contributed by atoms with Crippen LogP contribution in [-0.2, 0) is 5.41 Å². The van der Waals surface area contributed by atoms with Crippen molar-refractivity contribution in [2.75, 3.05) is 0 Å². The van der Waals surface area contributed by atoms with E-state index in [-0.39, 0.29) is 5.41 Å². The Hall–Kier alpha value is -5.74. The van der Waals surface area contributed by atoms with Crippen molar-refractivity contribution < 1.29 is 0 Å². The molecule has 6 aromatic carbocycles. The lowest BCUT2D eigenvalue weighted by Crippen LogP contribution is -2.15. The Morgan fingerprint density at radius 3 is 1.71 bits per heavy atom. The molecule has 0 aliphatic heterocycles. The smallest absolute Gasteiger partial charge is 0.169 e. The third-order valence-corrected chi connectivity index (χ3v) is 10.0. The van der Waals surface area contributed by atoms with E-state index in [0.717, 1.165) is 27.9 Å². The molecule has 4 heteroatoms. The van der Waals surface area contributed by atoms with Crippen LogP contribution in [0.5, 0.6) is 0 Å². The van der Waals surface area contributed by atoms with Crippen molar-refractivity contribution in [2.45, 2.75) is 19.3 Å². The van der Waals surface area contributed by atoms with Crippen molar-refractivity contribution in [1.82, 2.24) is 19.2 Å². The fraction of sp³-hybridized carbons (Fsp3) is 0.0732. The molecule has 1 aliphatic rings. The fourth-order valence-corrected chi connectivity index (χ4v) is 7.89. The molecular formula is C41H28N4. The minimum absolute atomic E-state index is 0.190. The summed E-state index contributed by atoms with van der Waals surface area (Å²) >= 11 is 0. The number of rotatable bonds is 2. The zero-order valence-corrected chi connectivity index (χ0v) is 25.0. The first-order chi connectivity index (χ1) is 22.1. The van der Waals surface area contributed by atoms with E-state index < -0.39 is 0 Å². The number of para-hydroxylation sites is 3. The van der Waals surface area contributed by atoms with Crippen LogP contribution in [-0.4, -0.2) is 19.2 Å². The minimum atomic E-state index is -0.190. The number of fused-ring (bicyclic) bond motifs is 12. The molecule has 0 atom stereocenters. The molecule has 45 heavy (non-hydrogen) atoms. The molecular weight excluding hydrogens is 548 g/mol. The summed E-state index contributed by atoms with van der Waals surface area (Å²) < 4.78 is 4.64. The molecule has 0 radical (unpaired) electrons. The Bertz CT molecular complexity index is 2630. The average Bonchev–Trinajstić information content (AvgIpc) is 3.74. The van der Waals surface area contributed by atoms with E-state index >= 15 is 0 Å². The van der Waals surface area contributed by atoms with E-state index in [1.807, 2.05) is 0 Å². The predicted octanol–water partition coefficient (Wildman–Crippen LogP) is 10.1. The van der Waals surface area contributed by atoms with Crippen LogP contribution in [0.4, 0.5) is 0 Å². The fourth-order valence-electron chi connectivity index (χ4n) is 7.89. The molecule has 0 spiro atoms. The lowest BCUT2D eigenvalue weighted by atomic mass is 9.82. The van der Waals surface area contributed by atoms with Crippen molar-refractivity contribution in [2.24, 2.45) is 0 Å². The van der Waals surface area contributed by atoms with E-state index in [0.29, 0.717) is 0 Å². The van der Waals surface area contributed by atoms with Gasteiger partial charge in [0, 0.05) is 38.2 Å². The summed E-state index contributed by atoms with van der Waals surface area (Å²) in [5, 5.41) is 15.6. The van der Waals surface area contributed by atoms with Gasteiger partial charge in [-0.3, -0.25) is 4.40 Å². The van der Waals surface area contributed by atoms with Gasteiger partial charge < -0.3 is 4.57 Å². The molecule has 0 amide bonds. The Morgan fingerprint density at radius 1 is 0.489 bits per heavy atom.